The first-order chi connectivity index (χ1) is 9.79. The van der Waals surface area contributed by atoms with E-state index in [0.717, 1.165) is 31.2 Å². The van der Waals surface area contributed by atoms with Gasteiger partial charge in [-0.3, -0.25) is 0 Å². The van der Waals surface area contributed by atoms with Gasteiger partial charge in [0, 0.05) is 6.92 Å². The predicted octanol–water partition coefficient (Wildman–Crippen LogP) is 5.84. The van der Waals surface area contributed by atoms with Crippen molar-refractivity contribution in [2.24, 2.45) is 11.8 Å². The number of benzene rings is 1. The third-order valence-electron chi connectivity index (χ3n) is 4.58. The monoisotopic (exact) mass is 302 g/mol. The molecule has 0 unspecified atom stereocenters. The predicted molar refractivity (Wildman–Crippen MR) is 75.4 cm³/mol. The highest BCUT2D eigenvalue weighted by molar-refractivity contribution is 5.33. The number of halogens is 4. The molecule has 0 aromatic heterocycles. The van der Waals surface area contributed by atoms with E-state index in [9.17, 15) is 17.6 Å². The van der Waals surface area contributed by atoms with Crippen LogP contribution in [0.25, 0.3) is 0 Å². The van der Waals surface area contributed by atoms with E-state index in [1.807, 2.05) is 0 Å². The second kappa shape index (κ2) is 6.37. The van der Waals surface area contributed by atoms with E-state index in [4.69, 9.17) is 0 Å². The maximum Gasteiger partial charge on any atom is 0.273 e. The van der Waals surface area contributed by atoms with Crippen molar-refractivity contribution >= 4 is 0 Å². The summed E-state index contributed by atoms with van der Waals surface area (Å²) in [4.78, 5) is 0. The second-order valence-electron chi connectivity index (χ2n) is 6.45. The minimum absolute atomic E-state index is 0.236. The van der Waals surface area contributed by atoms with Gasteiger partial charge in [0.15, 0.2) is 11.6 Å². The molecule has 0 heterocycles. The minimum atomic E-state index is -3.36. The zero-order valence-corrected chi connectivity index (χ0v) is 12.6. The summed E-state index contributed by atoms with van der Waals surface area (Å²) >= 11 is 0. The zero-order chi connectivity index (χ0) is 15.6. The van der Waals surface area contributed by atoms with Crippen LogP contribution in [-0.2, 0) is 12.3 Å². The van der Waals surface area contributed by atoms with Gasteiger partial charge in [-0.1, -0.05) is 38.7 Å². The van der Waals surface area contributed by atoms with Gasteiger partial charge in [0.05, 0.1) is 5.56 Å². The van der Waals surface area contributed by atoms with Crippen LogP contribution >= 0.6 is 0 Å². The van der Waals surface area contributed by atoms with Crippen LogP contribution in [0.3, 0.4) is 0 Å². The molecule has 118 valence electrons. The highest BCUT2D eigenvalue weighted by Crippen LogP contribution is 2.36. The molecule has 2 rings (SSSR count). The van der Waals surface area contributed by atoms with Crippen LogP contribution in [-0.4, -0.2) is 0 Å². The lowest BCUT2D eigenvalue weighted by Crippen LogP contribution is -2.17. The highest BCUT2D eigenvalue weighted by Gasteiger charge is 2.33. The standard InChI is InChI=1S/C17H22F4/c1-11-3-5-12(6-4-11)7-8-13-9-10-14(18)16(19)15(13)17(2,20)21/h9-12H,3-8H2,1-2H3. The van der Waals surface area contributed by atoms with Crippen molar-refractivity contribution in [1.29, 1.82) is 0 Å². The maximum absolute atomic E-state index is 13.7. The quantitative estimate of drug-likeness (QED) is 0.613. The molecule has 4 heteroatoms. The Kier molecular flexibility index (Phi) is 4.95. The summed E-state index contributed by atoms with van der Waals surface area (Å²) < 4.78 is 54.1. The summed E-state index contributed by atoms with van der Waals surface area (Å²) in [6.07, 6.45) is 5.68. The van der Waals surface area contributed by atoms with E-state index < -0.39 is 23.1 Å². The van der Waals surface area contributed by atoms with Gasteiger partial charge >= 0.3 is 0 Å². The molecule has 1 aromatic rings. The Morgan fingerprint density at radius 3 is 2.29 bits per heavy atom. The van der Waals surface area contributed by atoms with Gasteiger partial charge in [-0.15, -0.1) is 0 Å². The highest BCUT2D eigenvalue weighted by atomic mass is 19.3. The van der Waals surface area contributed by atoms with Crippen molar-refractivity contribution in [1.82, 2.24) is 0 Å². The topological polar surface area (TPSA) is 0 Å². The number of rotatable bonds is 4. The molecule has 1 saturated carbocycles. The van der Waals surface area contributed by atoms with Gasteiger partial charge in [-0.25, -0.2) is 17.6 Å². The molecule has 0 saturated heterocycles. The summed E-state index contributed by atoms with van der Waals surface area (Å²) in [6.45, 7) is 2.85. The molecule has 1 aliphatic rings. The first kappa shape index (κ1) is 16.3. The van der Waals surface area contributed by atoms with Crippen molar-refractivity contribution < 1.29 is 17.6 Å². The van der Waals surface area contributed by atoms with Crippen molar-refractivity contribution in [3.05, 3.63) is 34.9 Å². The van der Waals surface area contributed by atoms with Crippen LogP contribution in [0, 0.1) is 23.5 Å². The lowest BCUT2D eigenvalue weighted by Gasteiger charge is -2.26. The van der Waals surface area contributed by atoms with E-state index in [1.54, 1.807) is 0 Å². The Morgan fingerprint density at radius 1 is 1.10 bits per heavy atom. The van der Waals surface area contributed by atoms with Crippen LogP contribution in [0.4, 0.5) is 17.6 Å². The van der Waals surface area contributed by atoms with Crippen LogP contribution in [0.1, 0.15) is 57.1 Å². The fourth-order valence-corrected chi connectivity index (χ4v) is 3.25. The van der Waals surface area contributed by atoms with E-state index in [-0.39, 0.29) is 5.56 Å². The van der Waals surface area contributed by atoms with Crippen LogP contribution in [0.15, 0.2) is 12.1 Å². The van der Waals surface area contributed by atoms with Crippen LogP contribution < -0.4 is 0 Å². The van der Waals surface area contributed by atoms with Gasteiger partial charge in [-0.2, -0.15) is 0 Å². The van der Waals surface area contributed by atoms with Gasteiger partial charge in [0.1, 0.15) is 0 Å². The average molecular weight is 302 g/mol. The number of hydrogen-bond donors (Lipinski definition) is 0. The molecule has 0 N–H and O–H groups in total. The lowest BCUT2D eigenvalue weighted by molar-refractivity contribution is 0.0120. The fourth-order valence-electron chi connectivity index (χ4n) is 3.25. The molecule has 1 aromatic carbocycles. The third-order valence-corrected chi connectivity index (χ3v) is 4.58. The van der Waals surface area contributed by atoms with Gasteiger partial charge in [0.2, 0.25) is 0 Å². The van der Waals surface area contributed by atoms with Crippen LogP contribution in [0.5, 0.6) is 0 Å². The molecule has 1 fully saturated rings. The summed E-state index contributed by atoms with van der Waals surface area (Å²) in [6, 6.07) is 2.25. The SMILES string of the molecule is CC1CCC(CCc2ccc(F)c(F)c2C(C)(F)F)CC1. The zero-order valence-electron chi connectivity index (χ0n) is 12.6. The van der Waals surface area contributed by atoms with E-state index in [0.29, 0.717) is 19.3 Å². The molecule has 0 amide bonds. The largest absolute Gasteiger partial charge is 0.273 e. The summed E-state index contributed by atoms with van der Waals surface area (Å²) in [7, 11) is 0. The van der Waals surface area contributed by atoms with E-state index in [1.165, 1.54) is 18.9 Å². The smallest absolute Gasteiger partial charge is 0.204 e. The normalized spacial score (nSPS) is 23.3. The lowest BCUT2D eigenvalue weighted by atomic mass is 9.80. The van der Waals surface area contributed by atoms with Crippen LogP contribution in [0.2, 0.25) is 0 Å². The molecular formula is C17H22F4. The molecule has 0 radical (unpaired) electrons. The molecule has 0 atom stereocenters. The Morgan fingerprint density at radius 2 is 1.71 bits per heavy atom. The van der Waals surface area contributed by atoms with E-state index >= 15 is 0 Å². The molecule has 1 aliphatic carbocycles. The van der Waals surface area contributed by atoms with Gasteiger partial charge in [0.25, 0.3) is 5.92 Å². The van der Waals surface area contributed by atoms with Crippen molar-refractivity contribution in [3.8, 4) is 0 Å². The Balaban J connectivity index is 2.11. The summed E-state index contributed by atoms with van der Waals surface area (Å²) in [5, 5.41) is 0. The molecular weight excluding hydrogens is 280 g/mol. The summed E-state index contributed by atoms with van der Waals surface area (Å²) in [5.41, 5.74) is -0.535. The molecule has 0 spiro atoms. The molecule has 0 aliphatic heterocycles. The first-order valence-electron chi connectivity index (χ1n) is 7.64. The molecule has 21 heavy (non-hydrogen) atoms. The maximum atomic E-state index is 13.7. The Hall–Kier alpha value is -1.06. The Bertz CT molecular complexity index is 482. The number of aryl methyl sites for hydroxylation is 1. The van der Waals surface area contributed by atoms with Crippen molar-refractivity contribution in [2.45, 2.75) is 58.3 Å². The van der Waals surface area contributed by atoms with Crippen molar-refractivity contribution in [2.75, 3.05) is 0 Å². The molecule has 0 nitrogen and oxygen atoms in total. The Labute approximate surface area is 123 Å². The third kappa shape index (κ3) is 3.98. The second-order valence-corrected chi connectivity index (χ2v) is 6.45. The number of alkyl halides is 2. The molecule has 0 bridgehead atoms. The van der Waals surface area contributed by atoms with Gasteiger partial charge in [-0.05, 0) is 36.3 Å². The van der Waals surface area contributed by atoms with Gasteiger partial charge < -0.3 is 0 Å². The van der Waals surface area contributed by atoms with E-state index in [2.05, 4.69) is 6.92 Å². The summed E-state index contributed by atoms with van der Waals surface area (Å²) in [5.74, 6) is -4.73. The minimum Gasteiger partial charge on any atom is -0.204 e. The number of hydrogen-bond acceptors (Lipinski definition) is 0. The average Bonchev–Trinajstić information content (AvgIpc) is 2.40. The first-order valence-corrected chi connectivity index (χ1v) is 7.64. The van der Waals surface area contributed by atoms with Crippen molar-refractivity contribution in [3.63, 3.8) is 0 Å². The fraction of sp³-hybridized carbons (Fsp3) is 0.647.